The van der Waals surface area contributed by atoms with Crippen LogP contribution < -0.4 is 4.74 Å². The Morgan fingerprint density at radius 1 is 1.26 bits per heavy atom. The molecule has 0 saturated carbocycles. The van der Waals surface area contributed by atoms with Gasteiger partial charge >= 0.3 is 0 Å². The summed E-state index contributed by atoms with van der Waals surface area (Å²) in [6.45, 7) is 2.43. The highest BCUT2D eigenvalue weighted by Crippen LogP contribution is 2.15. The van der Waals surface area contributed by atoms with Crippen LogP contribution in [0.15, 0.2) is 53.9 Å². The molecule has 1 aromatic carbocycles. The van der Waals surface area contributed by atoms with E-state index in [1.807, 2.05) is 43.3 Å². The Hall–Kier alpha value is -2.36. The van der Waals surface area contributed by atoms with Crippen LogP contribution in [0.25, 0.3) is 0 Å². The molecule has 0 atom stereocenters. The minimum atomic E-state index is 0.488. The molecule has 2 aromatic rings. The van der Waals surface area contributed by atoms with Crippen molar-refractivity contribution in [1.82, 2.24) is 4.98 Å². The molecule has 0 unspecified atom stereocenters. The molecule has 0 fully saturated rings. The molecule has 1 N–H and O–H groups in total. The molecule has 4 nitrogen and oxygen atoms in total. The molecule has 1 aromatic heterocycles. The molecule has 19 heavy (non-hydrogen) atoms. The molecule has 0 amide bonds. The first kappa shape index (κ1) is 13.1. The summed E-state index contributed by atoms with van der Waals surface area (Å²) < 4.78 is 5.65. The molecule has 0 bridgehead atoms. The van der Waals surface area contributed by atoms with Crippen LogP contribution in [0.1, 0.15) is 24.5 Å². The summed E-state index contributed by atoms with van der Waals surface area (Å²) in [6.07, 6.45) is 4.20. The SMILES string of the molecule is CC/C(=N\O)c1ccc(OCc2cccnc2)cc1. The van der Waals surface area contributed by atoms with Gasteiger partial charge in [0.25, 0.3) is 0 Å². The van der Waals surface area contributed by atoms with Gasteiger partial charge in [0.2, 0.25) is 0 Å². The van der Waals surface area contributed by atoms with Crippen molar-refractivity contribution in [1.29, 1.82) is 0 Å². The maximum Gasteiger partial charge on any atom is 0.119 e. The molecule has 1 heterocycles. The lowest BCUT2D eigenvalue weighted by atomic mass is 10.1. The zero-order valence-corrected chi connectivity index (χ0v) is 10.8. The molecular formula is C15H16N2O2. The van der Waals surface area contributed by atoms with Crippen LogP contribution in [0.4, 0.5) is 0 Å². The first-order chi connectivity index (χ1) is 9.33. The van der Waals surface area contributed by atoms with Crippen molar-refractivity contribution < 1.29 is 9.94 Å². The number of ether oxygens (including phenoxy) is 1. The summed E-state index contributed by atoms with van der Waals surface area (Å²) in [4.78, 5) is 4.03. The number of rotatable bonds is 5. The number of benzene rings is 1. The third kappa shape index (κ3) is 3.55. The zero-order valence-electron chi connectivity index (χ0n) is 10.8. The molecule has 2 rings (SSSR count). The predicted octanol–water partition coefficient (Wildman–Crippen LogP) is 3.25. The van der Waals surface area contributed by atoms with Crippen LogP contribution in [-0.4, -0.2) is 15.9 Å². The maximum absolute atomic E-state index is 8.85. The van der Waals surface area contributed by atoms with E-state index in [4.69, 9.17) is 9.94 Å². The van der Waals surface area contributed by atoms with E-state index in [1.165, 1.54) is 0 Å². The Labute approximate surface area is 112 Å². The second-order valence-corrected chi connectivity index (χ2v) is 4.07. The number of oxime groups is 1. The first-order valence-electron chi connectivity index (χ1n) is 6.16. The molecule has 98 valence electrons. The second-order valence-electron chi connectivity index (χ2n) is 4.07. The first-order valence-corrected chi connectivity index (χ1v) is 6.16. The number of aromatic nitrogens is 1. The summed E-state index contributed by atoms with van der Waals surface area (Å²) in [5, 5.41) is 12.1. The van der Waals surface area contributed by atoms with E-state index in [9.17, 15) is 0 Å². The van der Waals surface area contributed by atoms with Gasteiger partial charge in [0.1, 0.15) is 12.4 Å². The monoisotopic (exact) mass is 256 g/mol. The van der Waals surface area contributed by atoms with Crippen molar-refractivity contribution in [2.24, 2.45) is 5.16 Å². The molecule has 0 spiro atoms. The highest BCUT2D eigenvalue weighted by molar-refractivity contribution is 6.00. The Bertz CT molecular complexity index is 536. The predicted molar refractivity (Wildman–Crippen MR) is 73.6 cm³/mol. The van der Waals surface area contributed by atoms with Crippen LogP contribution in [0.2, 0.25) is 0 Å². The van der Waals surface area contributed by atoms with E-state index in [-0.39, 0.29) is 0 Å². The summed E-state index contributed by atoms with van der Waals surface area (Å²) in [7, 11) is 0. The van der Waals surface area contributed by atoms with Gasteiger partial charge in [-0.15, -0.1) is 0 Å². The lowest BCUT2D eigenvalue weighted by molar-refractivity contribution is 0.305. The van der Waals surface area contributed by atoms with E-state index in [0.717, 1.165) is 16.9 Å². The van der Waals surface area contributed by atoms with Gasteiger partial charge in [0.15, 0.2) is 0 Å². The van der Waals surface area contributed by atoms with E-state index < -0.39 is 0 Å². The quantitative estimate of drug-likeness (QED) is 0.507. The van der Waals surface area contributed by atoms with E-state index in [1.54, 1.807) is 12.4 Å². The van der Waals surface area contributed by atoms with Gasteiger partial charge in [-0.3, -0.25) is 4.98 Å². The summed E-state index contributed by atoms with van der Waals surface area (Å²) in [5.74, 6) is 0.779. The fourth-order valence-corrected chi connectivity index (χ4v) is 1.73. The standard InChI is InChI=1S/C15H16N2O2/c1-2-15(17-18)13-5-7-14(8-6-13)19-11-12-4-3-9-16-10-12/h3-10,18H,2,11H2,1H3/b17-15+. The molecule has 0 saturated heterocycles. The van der Waals surface area contributed by atoms with E-state index >= 15 is 0 Å². The van der Waals surface area contributed by atoms with Crippen molar-refractivity contribution in [3.8, 4) is 5.75 Å². The highest BCUT2D eigenvalue weighted by Gasteiger charge is 2.02. The van der Waals surface area contributed by atoms with Gasteiger partial charge in [-0.1, -0.05) is 18.1 Å². The molecule has 0 aliphatic heterocycles. The summed E-state index contributed by atoms with van der Waals surface area (Å²) in [5.41, 5.74) is 2.59. The minimum Gasteiger partial charge on any atom is -0.489 e. The van der Waals surface area contributed by atoms with E-state index in [0.29, 0.717) is 18.7 Å². The summed E-state index contributed by atoms with van der Waals surface area (Å²) in [6, 6.07) is 11.4. The van der Waals surface area contributed by atoms with Crippen molar-refractivity contribution in [3.63, 3.8) is 0 Å². The summed E-state index contributed by atoms with van der Waals surface area (Å²) >= 11 is 0. The largest absolute Gasteiger partial charge is 0.489 e. The number of hydrogen-bond donors (Lipinski definition) is 1. The molecular weight excluding hydrogens is 240 g/mol. The van der Waals surface area contributed by atoms with Gasteiger partial charge < -0.3 is 9.94 Å². The van der Waals surface area contributed by atoms with Crippen molar-refractivity contribution in [2.75, 3.05) is 0 Å². The molecule has 0 aliphatic carbocycles. The highest BCUT2D eigenvalue weighted by atomic mass is 16.5. The van der Waals surface area contributed by atoms with Crippen molar-refractivity contribution in [3.05, 3.63) is 59.9 Å². The number of pyridine rings is 1. The Balaban J connectivity index is 1.99. The third-order valence-corrected chi connectivity index (χ3v) is 2.77. The maximum atomic E-state index is 8.85. The van der Waals surface area contributed by atoms with E-state index in [2.05, 4.69) is 10.1 Å². The Kier molecular flexibility index (Phi) is 4.50. The second kappa shape index (κ2) is 6.54. The Morgan fingerprint density at radius 2 is 2.05 bits per heavy atom. The topological polar surface area (TPSA) is 54.7 Å². The zero-order chi connectivity index (χ0) is 13.5. The average molecular weight is 256 g/mol. The molecule has 4 heteroatoms. The molecule has 0 radical (unpaired) electrons. The smallest absolute Gasteiger partial charge is 0.119 e. The van der Waals surface area contributed by atoms with Crippen molar-refractivity contribution >= 4 is 5.71 Å². The fraction of sp³-hybridized carbons (Fsp3) is 0.200. The third-order valence-electron chi connectivity index (χ3n) is 2.77. The van der Waals surface area contributed by atoms with Gasteiger partial charge in [-0.05, 0) is 42.3 Å². The average Bonchev–Trinajstić information content (AvgIpc) is 2.49. The van der Waals surface area contributed by atoms with Crippen LogP contribution in [-0.2, 0) is 6.61 Å². The lowest BCUT2D eigenvalue weighted by Crippen LogP contribution is -1.99. The minimum absolute atomic E-state index is 0.488. The number of nitrogens with zero attached hydrogens (tertiary/aromatic N) is 2. The van der Waals surface area contributed by atoms with Crippen LogP contribution in [0.5, 0.6) is 5.75 Å². The van der Waals surface area contributed by atoms with Crippen LogP contribution in [0.3, 0.4) is 0 Å². The van der Waals surface area contributed by atoms with Crippen LogP contribution in [0, 0.1) is 0 Å². The van der Waals surface area contributed by atoms with Gasteiger partial charge in [0, 0.05) is 18.0 Å². The fourth-order valence-electron chi connectivity index (χ4n) is 1.73. The van der Waals surface area contributed by atoms with Crippen molar-refractivity contribution in [2.45, 2.75) is 20.0 Å². The van der Waals surface area contributed by atoms with Gasteiger partial charge in [-0.25, -0.2) is 0 Å². The van der Waals surface area contributed by atoms with Crippen LogP contribution >= 0.6 is 0 Å². The normalized spacial score (nSPS) is 11.3. The molecule has 0 aliphatic rings. The Morgan fingerprint density at radius 3 is 2.63 bits per heavy atom. The van der Waals surface area contributed by atoms with Gasteiger partial charge in [0.05, 0.1) is 5.71 Å². The van der Waals surface area contributed by atoms with Gasteiger partial charge in [-0.2, -0.15) is 0 Å². The lowest BCUT2D eigenvalue weighted by Gasteiger charge is -2.07. The number of hydrogen-bond acceptors (Lipinski definition) is 4.